The molecule has 11 nitrogen and oxygen atoms in total. The molecule has 0 saturated heterocycles. The van der Waals surface area contributed by atoms with Crippen LogP contribution in [-0.4, -0.2) is 136 Å². The molecule has 23 heteroatoms. The summed E-state index contributed by atoms with van der Waals surface area (Å²) in [7, 11) is 7.08. The minimum atomic E-state index is -6.76. The van der Waals surface area contributed by atoms with Gasteiger partial charge in [0.25, 0.3) is 8.53 Å². The molecule has 2 saturated carbocycles. The molecule has 524 valence electrons. The predicted octanol–water partition coefficient (Wildman–Crippen LogP) is 19.1. The van der Waals surface area contributed by atoms with Crippen LogP contribution in [0, 0.1) is 34.5 Å². The molecule has 0 aliphatic heterocycles. The van der Waals surface area contributed by atoms with Gasteiger partial charge in [0.2, 0.25) is 0 Å². The van der Waals surface area contributed by atoms with Gasteiger partial charge in [0.15, 0.2) is 0 Å². The molecule has 7 unspecified atom stereocenters. The van der Waals surface area contributed by atoms with Crippen LogP contribution in [0.25, 0.3) is 0 Å². The number of benzene rings is 4. The number of nitriles is 1. The van der Waals surface area contributed by atoms with Gasteiger partial charge in [0, 0.05) is 41.6 Å². The van der Waals surface area contributed by atoms with Crippen molar-refractivity contribution in [2.75, 3.05) is 79.8 Å². The Balaban J connectivity index is 0.874. The zero-order chi connectivity index (χ0) is 68.5. The lowest BCUT2D eigenvalue weighted by molar-refractivity contribution is -0.457. The van der Waals surface area contributed by atoms with Crippen LogP contribution in [0.1, 0.15) is 159 Å². The lowest BCUT2D eigenvalue weighted by Crippen LogP contribution is -2.68. The minimum Gasteiger partial charge on any atom is -0.497 e. The van der Waals surface area contributed by atoms with Gasteiger partial charge >= 0.3 is 24.1 Å². The number of halogens is 9. The highest BCUT2D eigenvalue weighted by atomic mass is 33.1. The fourth-order valence-electron chi connectivity index (χ4n) is 14.0. The Kier molecular flexibility index (Phi) is 28.5. The van der Waals surface area contributed by atoms with E-state index in [4.69, 9.17) is 32.7 Å². The van der Waals surface area contributed by atoms with Crippen molar-refractivity contribution in [1.82, 2.24) is 9.57 Å². The third kappa shape index (κ3) is 19.2. The van der Waals surface area contributed by atoms with Crippen LogP contribution in [0.4, 0.5) is 39.5 Å². The Morgan fingerprint density at radius 3 is 1.86 bits per heavy atom. The Bertz CT molecular complexity index is 2870. The monoisotopic (exact) mass is 1390 g/mol. The van der Waals surface area contributed by atoms with Gasteiger partial charge in [-0.3, -0.25) is 0 Å². The van der Waals surface area contributed by atoms with Gasteiger partial charge in [-0.05, 0) is 194 Å². The molecular formula is C71H97F9N3O8PS2. The maximum Gasteiger partial charge on any atom is 0.435 e. The van der Waals surface area contributed by atoms with Gasteiger partial charge in [0.1, 0.15) is 22.8 Å². The van der Waals surface area contributed by atoms with Gasteiger partial charge in [-0.1, -0.05) is 108 Å². The van der Waals surface area contributed by atoms with Crippen molar-refractivity contribution in [3.63, 3.8) is 0 Å². The van der Waals surface area contributed by atoms with Crippen molar-refractivity contribution in [2.24, 2.45) is 23.2 Å². The second-order valence-electron chi connectivity index (χ2n) is 26.6. The number of fused-ring (bicyclic) bond motifs is 5. The van der Waals surface area contributed by atoms with E-state index in [-0.39, 0.29) is 60.4 Å². The predicted molar refractivity (Wildman–Crippen MR) is 355 cm³/mol. The van der Waals surface area contributed by atoms with Gasteiger partial charge in [-0.15, -0.1) is 0 Å². The largest absolute Gasteiger partial charge is 0.497 e. The molecule has 4 aromatic rings. The second-order valence-corrected chi connectivity index (χ2v) is 31.2. The number of unbranched alkanes of at least 4 members (excludes halogenated alkanes) is 3. The summed E-state index contributed by atoms with van der Waals surface area (Å²) in [6.45, 7) is 15.2. The number of rotatable bonds is 38. The van der Waals surface area contributed by atoms with Gasteiger partial charge in [-0.25, -0.2) is 4.67 Å². The van der Waals surface area contributed by atoms with Crippen molar-refractivity contribution in [3.8, 4) is 23.3 Å². The maximum atomic E-state index is 13.3. The number of alkyl halides is 9. The molecule has 0 bridgehead atoms. The van der Waals surface area contributed by atoms with Gasteiger partial charge < -0.3 is 42.4 Å². The molecule has 0 heterocycles. The van der Waals surface area contributed by atoms with Crippen LogP contribution >= 0.6 is 30.1 Å². The first-order chi connectivity index (χ1) is 44.5. The molecule has 3 aliphatic rings. The molecule has 2 fully saturated rings. The summed E-state index contributed by atoms with van der Waals surface area (Å²) in [4.78, 5) is 1.31. The zero-order valence-corrected chi connectivity index (χ0v) is 58.6. The van der Waals surface area contributed by atoms with Crippen molar-refractivity contribution >= 4 is 30.1 Å². The molecule has 0 spiro atoms. The van der Waals surface area contributed by atoms with E-state index in [0.717, 1.165) is 117 Å². The van der Waals surface area contributed by atoms with Crippen LogP contribution in [0.5, 0.6) is 17.2 Å². The average Bonchev–Trinajstić information content (AvgIpc) is 1.38. The summed E-state index contributed by atoms with van der Waals surface area (Å²) < 4.78 is 171. The molecule has 0 N–H and O–H groups in total. The van der Waals surface area contributed by atoms with Crippen molar-refractivity contribution in [2.45, 2.75) is 191 Å². The highest BCUT2D eigenvalue weighted by Crippen LogP contribution is 2.62. The third-order valence-electron chi connectivity index (χ3n) is 19.0. The SMILES string of the molecule is COc1ccc(C(OCC(CCCCCCSSC(C)(C)CCOc2ccc3c(c2)CCC2C3CCC3(C)C(OCCN(C)CCOC(C(F)(F)F)(C(F)(F)F)C(F)(F)F)CCC23)COP(OCCC#N)N(C(C)C)C(C)C)(c2ccccc2)c2ccc(OC)cc2)cc1. The molecular weight excluding hydrogens is 1290 g/mol. The number of hydrogen-bond acceptors (Lipinski definition) is 13. The van der Waals surface area contributed by atoms with E-state index in [1.54, 1.807) is 14.2 Å². The van der Waals surface area contributed by atoms with E-state index in [1.165, 1.54) is 23.1 Å². The molecule has 0 radical (unpaired) electrons. The fourth-order valence-corrected chi connectivity index (χ4v) is 18.4. The number of aryl methyl sites for hydroxylation is 1. The lowest BCUT2D eigenvalue weighted by atomic mass is 9.55. The summed E-state index contributed by atoms with van der Waals surface area (Å²) in [6.07, 6.45) is -8.49. The van der Waals surface area contributed by atoms with Crippen molar-refractivity contribution in [1.29, 1.82) is 5.26 Å². The minimum absolute atomic E-state index is 0.00869. The van der Waals surface area contributed by atoms with Crippen LogP contribution in [0.3, 0.4) is 0 Å². The quantitative estimate of drug-likeness (QED) is 0.0140. The molecule has 7 atom stereocenters. The lowest BCUT2D eigenvalue weighted by Gasteiger charge is -2.50. The Morgan fingerprint density at radius 2 is 1.27 bits per heavy atom. The highest BCUT2D eigenvalue weighted by Gasteiger charge is 2.85. The summed E-state index contributed by atoms with van der Waals surface area (Å²) in [6, 6.07) is 35.6. The summed E-state index contributed by atoms with van der Waals surface area (Å²) >= 11 is 0. The molecule has 7 rings (SSSR count). The van der Waals surface area contributed by atoms with Gasteiger partial charge in [-0.2, -0.15) is 44.8 Å². The second kappa shape index (κ2) is 34.7. The van der Waals surface area contributed by atoms with E-state index < -0.39 is 51.4 Å². The number of ether oxygens (including phenoxy) is 6. The van der Waals surface area contributed by atoms with Crippen LogP contribution in [0.15, 0.2) is 97.1 Å². The molecule has 94 heavy (non-hydrogen) atoms. The molecule has 3 aliphatic carbocycles. The Hall–Kier alpha value is -4.01. The van der Waals surface area contributed by atoms with E-state index >= 15 is 0 Å². The van der Waals surface area contributed by atoms with Crippen molar-refractivity contribution < 1.29 is 77.0 Å². The fraction of sp³-hybridized carbons (Fsp3) is 0.648. The zero-order valence-electron chi connectivity index (χ0n) is 56.1. The number of likely N-dealkylation sites (N-methyl/N-ethyl adjacent to an activating group) is 1. The maximum absolute atomic E-state index is 13.3. The Labute approximate surface area is 560 Å². The first-order valence-electron chi connectivity index (χ1n) is 33.0. The first kappa shape index (κ1) is 77.3. The van der Waals surface area contributed by atoms with Gasteiger partial charge in [0.05, 0.1) is 72.5 Å². The van der Waals surface area contributed by atoms with Crippen LogP contribution in [-0.2, 0) is 35.3 Å². The molecule has 0 amide bonds. The van der Waals surface area contributed by atoms with E-state index in [1.807, 2.05) is 64.1 Å². The smallest absolute Gasteiger partial charge is 0.435 e. The standard InChI is InChI=1S/C71H97F9N3O8PS2/c1-50(2)83(51(3)4)92(90-42-18-39-81)91-49-52(48-89-67(54-20-15-13-16-21-54,55-23-27-57(84-9)28-24-55)56-25-29-58(85-10)30-26-56)19-14-11-12-17-46-93-94-65(5,6)38-43-86-59-31-33-60-53(47-59)22-32-62-61(60)36-37-66(7)63(62)34-35-64(66)87-44-40-82(8)41-45-88-68(69(72,73)74,70(75,76)77)71(78,79)80/h13,15-16,20-21,23-31,33,47,50-52,61-64H,11-12,14,17-19,22,32,34-38,40-46,48-49H2,1-10H3. The van der Waals surface area contributed by atoms with Crippen molar-refractivity contribution in [3.05, 3.63) is 125 Å². The van der Waals surface area contributed by atoms with E-state index in [2.05, 4.69) is 119 Å². The average molecular weight is 1390 g/mol. The van der Waals surface area contributed by atoms with E-state index in [9.17, 15) is 44.8 Å². The summed E-state index contributed by atoms with van der Waals surface area (Å²) in [5, 5.41) is 9.42. The highest BCUT2D eigenvalue weighted by molar-refractivity contribution is 8.77. The summed E-state index contributed by atoms with van der Waals surface area (Å²) in [5.74, 6) is 4.67. The Morgan fingerprint density at radius 1 is 0.670 bits per heavy atom. The van der Waals surface area contributed by atoms with Crippen LogP contribution in [0.2, 0.25) is 0 Å². The summed E-state index contributed by atoms with van der Waals surface area (Å²) in [5.41, 5.74) is -1.79. The normalized spacial score (nSPS) is 20.3. The topological polar surface area (TPSA) is 104 Å². The molecule has 0 aromatic heterocycles. The number of methoxy groups -OCH3 is 2. The van der Waals surface area contributed by atoms with E-state index in [0.29, 0.717) is 37.6 Å². The number of nitrogens with zero attached hydrogens (tertiary/aromatic N) is 3. The van der Waals surface area contributed by atoms with Crippen LogP contribution < -0.4 is 14.2 Å². The molecule has 4 aromatic carbocycles. The number of hydrogen-bond donors (Lipinski definition) is 0. The third-order valence-corrected chi connectivity index (χ3v) is 24.5. The first-order valence-corrected chi connectivity index (χ1v) is 36.4.